The molecule has 0 saturated heterocycles. The minimum absolute atomic E-state index is 0.0494. The molecule has 0 radical (unpaired) electrons. The molecule has 4 nitrogen and oxygen atoms in total. The van der Waals surface area contributed by atoms with Crippen LogP contribution in [0.3, 0.4) is 0 Å². The fraction of sp³-hybridized carbons (Fsp3) is 0.184. The highest BCUT2D eigenvalue weighted by Gasteiger charge is 2.24. The Labute approximate surface area is 315 Å². The summed E-state index contributed by atoms with van der Waals surface area (Å²) in [4.78, 5) is 20.5. The molecule has 1 unspecified atom stereocenters. The lowest BCUT2D eigenvalue weighted by atomic mass is 9.80. The van der Waals surface area contributed by atoms with Gasteiger partial charge >= 0.3 is 0 Å². The first-order valence-corrected chi connectivity index (χ1v) is 18.4. The highest BCUT2D eigenvalue weighted by Crippen LogP contribution is 2.43. The molecule has 0 aliphatic heterocycles. The Balaban J connectivity index is 1.55. The van der Waals surface area contributed by atoms with E-state index in [0.29, 0.717) is 0 Å². The topological polar surface area (TPSA) is 51.0 Å². The summed E-state index contributed by atoms with van der Waals surface area (Å²) >= 11 is 0. The van der Waals surface area contributed by atoms with E-state index in [1.54, 1.807) is 0 Å². The summed E-state index contributed by atoms with van der Waals surface area (Å²) in [5.41, 5.74) is 17.0. The Morgan fingerprint density at radius 2 is 1.60 bits per heavy atom. The van der Waals surface area contributed by atoms with E-state index >= 15 is 0 Å². The van der Waals surface area contributed by atoms with Crippen LogP contribution in [-0.2, 0) is 6.42 Å². The number of nitrogens with zero attached hydrogens (tertiary/aromatic N) is 4. The molecule has 4 heteroatoms. The minimum atomic E-state index is 0.0494. The third-order valence-electron chi connectivity index (χ3n) is 9.63. The van der Waals surface area contributed by atoms with E-state index in [1.807, 2.05) is 54.8 Å². The zero-order chi connectivity index (χ0) is 37.3. The van der Waals surface area contributed by atoms with Crippen molar-refractivity contribution in [2.45, 2.75) is 59.9 Å². The van der Waals surface area contributed by atoms with Gasteiger partial charge in [0.25, 0.3) is 0 Å². The number of hydrogen-bond donors (Lipinski definition) is 0. The average Bonchev–Trinajstić information content (AvgIpc) is 3.17. The monoisotopic (exact) mass is 692 g/mol. The van der Waals surface area contributed by atoms with E-state index in [9.17, 15) is 0 Å². The molecule has 0 bridgehead atoms. The van der Waals surface area contributed by atoms with Gasteiger partial charge < -0.3 is 0 Å². The number of aliphatic imine (C=N–C) groups is 1. The molecule has 2 aromatic carbocycles. The number of pyridine rings is 3. The van der Waals surface area contributed by atoms with Crippen LogP contribution in [0.2, 0.25) is 0 Å². The van der Waals surface area contributed by atoms with Gasteiger partial charge in [0, 0.05) is 17.3 Å². The van der Waals surface area contributed by atoms with E-state index in [-0.39, 0.29) is 6.04 Å². The second-order valence-electron chi connectivity index (χ2n) is 13.7. The van der Waals surface area contributed by atoms with Gasteiger partial charge in [-0.2, -0.15) is 0 Å². The quantitative estimate of drug-likeness (QED) is 0.0966. The number of hydrogen-bond acceptors (Lipinski definition) is 4. The maximum atomic E-state index is 5.50. The van der Waals surface area contributed by atoms with Crippen LogP contribution < -0.4 is 0 Å². The zero-order valence-corrected chi connectivity index (χ0v) is 31.6. The second kappa shape index (κ2) is 17.0. The van der Waals surface area contributed by atoms with E-state index in [4.69, 9.17) is 15.0 Å². The Morgan fingerprint density at radius 3 is 2.36 bits per heavy atom. The minimum Gasteiger partial charge on any atom is -0.280 e. The van der Waals surface area contributed by atoms with Gasteiger partial charge in [-0.05, 0) is 135 Å². The molecule has 0 amide bonds. The second-order valence-corrected chi connectivity index (χ2v) is 13.7. The van der Waals surface area contributed by atoms with Gasteiger partial charge in [-0.1, -0.05) is 104 Å². The van der Waals surface area contributed by atoms with Crippen molar-refractivity contribution in [3.8, 4) is 33.9 Å². The Hall–Kier alpha value is -6.00. The largest absolute Gasteiger partial charge is 0.280 e. The normalized spacial score (nSPS) is 13.9. The molecule has 0 fully saturated rings. The van der Waals surface area contributed by atoms with Crippen molar-refractivity contribution in [3.63, 3.8) is 0 Å². The highest BCUT2D eigenvalue weighted by atomic mass is 14.8. The number of benzene rings is 2. The molecule has 3 heterocycles. The molecule has 0 N–H and O–H groups in total. The lowest BCUT2D eigenvalue weighted by Crippen LogP contribution is -2.11. The molecule has 5 aromatic rings. The van der Waals surface area contributed by atoms with Crippen LogP contribution >= 0.6 is 0 Å². The SMILES string of the molecule is C=C/C=C\CC(C)N=C(/C=C(\C)c1ccc(C)cc1)c1nc(-c2c(/C=C\C=C)cc(-c3cccc(-c4ccccn4)n3)c3c2CCC=C3C)ccc1C. The van der Waals surface area contributed by atoms with Gasteiger partial charge in [-0.3, -0.25) is 9.98 Å². The van der Waals surface area contributed by atoms with Crippen LogP contribution in [0.25, 0.3) is 51.1 Å². The van der Waals surface area contributed by atoms with Gasteiger partial charge in [-0.15, -0.1) is 0 Å². The summed E-state index contributed by atoms with van der Waals surface area (Å²) in [5.74, 6) is 0. The Bertz CT molecular complexity index is 2280. The van der Waals surface area contributed by atoms with Crippen LogP contribution in [0.4, 0.5) is 0 Å². The number of rotatable bonds is 12. The maximum absolute atomic E-state index is 5.50. The van der Waals surface area contributed by atoms with Crippen molar-refractivity contribution in [1.29, 1.82) is 0 Å². The summed E-state index contributed by atoms with van der Waals surface area (Å²) in [6.45, 7) is 18.6. The number of aryl methyl sites for hydroxylation is 2. The summed E-state index contributed by atoms with van der Waals surface area (Å²) in [6, 6.07) is 27.5. The van der Waals surface area contributed by atoms with Crippen LogP contribution in [0.5, 0.6) is 0 Å². The van der Waals surface area contributed by atoms with E-state index in [2.05, 4.69) is 132 Å². The highest BCUT2D eigenvalue weighted by molar-refractivity contribution is 6.12. The number of allylic oxidation sites excluding steroid dienone is 8. The molecule has 264 valence electrons. The third kappa shape index (κ3) is 8.56. The van der Waals surface area contributed by atoms with Crippen LogP contribution in [-0.4, -0.2) is 26.7 Å². The van der Waals surface area contributed by atoms with E-state index in [1.165, 1.54) is 27.8 Å². The molecule has 6 rings (SSSR count). The molecule has 53 heavy (non-hydrogen) atoms. The first-order valence-electron chi connectivity index (χ1n) is 18.4. The number of fused-ring (bicyclic) bond motifs is 1. The number of aromatic nitrogens is 3. The first kappa shape index (κ1) is 36.8. The molecular formula is C49H48N4. The fourth-order valence-electron chi connectivity index (χ4n) is 6.91. The lowest BCUT2D eigenvalue weighted by Gasteiger charge is -2.25. The van der Waals surface area contributed by atoms with Crippen molar-refractivity contribution >= 4 is 22.9 Å². The third-order valence-corrected chi connectivity index (χ3v) is 9.63. The van der Waals surface area contributed by atoms with Crippen LogP contribution in [0.1, 0.15) is 72.7 Å². The molecule has 1 aliphatic rings. The van der Waals surface area contributed by atoms with Gasteiger partial charge in [0.05, 0.1) is 40.2 Å². The van der Waals surface area contributed by atoms with Crippen LogP contribution in [0, 0.1) is 13.8 Å². The van der Waals surface area contributed by atoms with Crippen molar-refractivity contribution in [2.24, 2.45) is 4.99 Å². The Morgan fingerprint density at radius 1 is 0.830 bits per heavy atom. The standard InChI is InChI=1S/C49H48N4/c1-8-10-12-18-37(7)51-46(31-36(6)38-27-24-33(3)25-28-38)49-35(5)26-29-45(53-49)48-39(19-11-9-2)32-41(47-34(4)17-15-20-40(47)48)42-22-16-23-44(52-42)43-21-13-14-30-50-43/h8-14,16-17,19,21-32,37H,1-2,15,18,20H2,3-7H3/b12-10-,19-11-,36-31+,51-46?. The van der Waals surface area contributed by atoms with Crippen molar-refractivity contribution in [1.82, 2.24) is 15.0 Å². The van der Waals surface area contributed by atoms with Gasteiger partial charge in [0.15, 0.2) is 0 Å². The smallest absolute Gasteiger partial charge is 0.0918 e. The molecule has 1 atom stereocenters. The van der Waals surface area contributed by atoms with Crippen LogP contribution in [0.15, 0.2) is 146 Å². The predicted molar refractivity (Wildman–Crippen MR) is 227 cm³/mol. The van der Waals surface area contributed by atoms with Crippen molar-refractivity contribution in [2.75, 3.05) is 0 Å². The van der Waals surface area contributed by atoms with Crippen molar-refractivity contribution in [3.05, 3.63) is 180 Å². The van der Waals surface area contributed by atoms with Crippen molar-refractivity contribution < 1.29 is 0 Å². The summed E-state index contributed by atoms with van der Waals surface area (Å²) in [6.07, 6.45) is 20.9. The fourth-order valence-corrected chi connectivity index (χ4v) is 6.91. The molecular weight excluding hydrogens is 645 g/mol. The van der Waals surface area contributed by atoms with E-state index < -0.39 is 0 Å². The first-order chi connectivity index (χ1) is 25.8. The molecule has 0 spiro atoms. The Kier molecular flexibility index (Phi) is 11.8. The molecule has 0 saturated carbocycles. The molecule has 1 aliphatic carbocycles. The average molecular weight is 693 g/mol. The van der Waals surface area contributed by atoms with Gasteiger partial charge in [0.1, 0.15) is 0 Å². The summed E-state index contributed by atoms with van der Waals surface area (Å²) in [5, 5.41) is 0. The van der Waals surface area contributed by atoms with Gasteiger partial charge in [-0.25, -0.2) is 9.97 Å². The zero-order valence-electron chi connectivity index (χ0n) is 31.6. The predicted octanol–water partition coefficient (Wildman–Crippen LogP) is 12.5. The van der Waals surface area contributed by atoms with Gasteiger partial charge in [0.2, 0.25) is 0 Å². The molecule has 3 aromatic heterocycles. The summed E-state index contributed by atoms with van der Waals surface area (Å²) in [7, 11) is 0. The summed E-state index contributed by atoms with van der Waals surface area (Å²) < 4.78 is 0. The maximum Gasteiger partial charge on any atom is 0.0918 e. The van der Waals surface area contributed by atoms with E-state index in [0.717, 1.165) is 81.3 Å². The lowest BCUT2D eigenvalue weighted by molar-refractivity contribution is 0.760.